The molecule has 2 aromatic rings. The van der Waals surface area contributed by atoms with E-state index in [9.17, 15) is 9.59 Å². The van der Waals surface area contributed by atoms with Gasteiger partial charge in [-0.15, -0.1) is 0 Å². The van der Waals surface area contributed by atoms with Crippen molar-refractivity contribution in [3.05, 3.63) is 47.7 Å². The third-order valence-electron chi connectivity index (χ3n) is 3.86. The van der Waals surface area contributed by atoms with Crippen LogP contribution in [0, 0.1) is 0 Å². The van der Waals surface area contributed by atoms with Crippen LogP contribution in [0.4, 0.5) is 10.6 Å². The zero-order valence-corrected chi connectivity index (χ0v) is 14.7. The molecule has 2 amide bonds. The fourth-order valence-corrected chi connectivity index (χ4v) is 2.66. The first kappa shape index (κ1) is 17.9. The van der Waals surface area contributed by atoms with Gasteiger partial charge in [0.2, 0.25) is 0 Å². The molecule has 1 fully saturated rings. The highest BCUT2D eigenvalue weighted by Gasteiger charge is 2.31. The first-order valence-electron chi connectivity index (χ1n) is 8.51. The third-order valence-corrected chi connectivity index (χ3v) is 3.86. The fraction of sp³-hybridized carbons (Fsp3) is 0.389. The number of amides is 2. The molecule has 8 heteroatoms. The molecule has 138 valence electrons. The molecule has 1 aromatic carbocycles. The van der Waals surface area contributed by atoms with Gasteiger partial charge in [0, 0.05) is 24.1 Å². The molecule has 26 heavy (non-hydrogen) atoms. The number of benzene rings is 1. The SMILES string of the molecule is CC(C)NC(=O)O[C@@H]1CO[C@H](c2cc(NC(=O)c3ccccc3)n[nH]2)C1. The Balaban J connectivity index is 1.54. The highest BCUT2D eigenvalue weighted by atomic mass is 16.6. The fourth-order valence-electron chi connectivity index (χ4n) is 2.66. The monoisotopic (exact) mass is 358 g/mol. The summed E-state index contributed by atoms with van der Waals surface area (Å²) in [6.45, 7) is 4.05. The molecular weight excluding hydrogens is 336 g/mol. The Bertz CT molecular complexity index is 760. The average molecular weight is 358 g/mol. The van der Waals surface area contributed by atoms with Gasteiger partial charge >= 0.3 is 6.09 Å². The van der Waals surface area contributed by atoms with Crippen LogP contribution in [0.2, 0.25) is 0 Å². The van der Waals surface area contributed by atoms with Crippen molar-refractivity contribution in [3.63, 3.8) is 0 Å². The van der Waals surface area contributed by atoms with Crippen molar-refractivity contribution in [3.8, 4) is 0 Å². The summed E-state index contributed by atoms with van der Waals surface area (Å²) in [4.78, 5) is 23.8. The third kappa shape index (κ3) is 4.60. The number of carbonyl (C=O) groups excluding carboxylic acids is 2. The van der Waals surface area contributed by atoms with Gasteiger partial charge in [0.05, 0.1) is 12.3 Å². The summed E-state index contributed by atoms with van der Waals surface area (Å²) >= 11 is 0. The molecule has 0 aliphatic carbocycles. The molecule has 0 bridgehead atoms. The van der Waals surface area contributed by atoms with Crippen LogP contribution in [0.3, 0.4) is 0 Å². The minimum Gasteiger partial charge on any atom is -0.444 e. The molecule has 2 heterocycles. The van der Waals surface area contributed by atoms with E-state index >= 15 is 0 Å². The number of hydrogen-bond acceptors (Lipinski definition) is 5. The lowest BCUT2D eigenvalue weighted by Crippen LogP contribution is -2.33. The van der Waals surface area contributed by atoms with Gasteiger partial charge in [-0.3, -0.25) is 9.89 Å². The van der Waals surface area contributed by atoms with Crippen LogP contribution >= 0.6 is 0 Å². The molecule has 1 saturated heterocycles. The van der Waals surface area contributed by atoms with E-state index in [0.717, 1.165) is 5.69 Å². The Morgan fingerprint density at radius 1 is 1.31 bits per heavy atom. The van der Waals surface area contributed by atoms with E-state index < -0.39 is 6.09 Å². The van der Waals surface area contributed by atoms with Crippen LogP contribution < -0.4 is 10.6 Å². The molecule has 0 spiro atoms. The molecule has 3 N–H and O–H groups in total. The summed E-state index contributed by atoms with van der Waals surface area (Å²) in [6, 6.07) is 10.6. The molecule has 0 radical (unpaired) electrons. The number of aromatic nitrogens is 2. The van der Waals surface area contributed by atoms with Gasteiger partial charge in [-0.05, 0) is 26.0 Å². The second kappa shape index (κ2) is 8.01. The summed E-state index contributed by atoms with van der Waals surface area (Å²) in [5.74, 6) is 0.182. The summed E-state index contributed by atoms with van der Waals surface area (Å²) in [7, 11) is 0. The molecule has 1 aliphatic heterocycles. The van der Waals surface area contributed by atoms with Crippen molar-refractivity contribution in [2.75, 3.05) is 11.9 Å². The van der Waals surface area contributed by atoms with E-state index in [2.05, 4.69) is 20.8 Å². The highest BCUT2D eigenvalue weighted by molar-refractivity contribution is 6.03. The molecule has 1 aliphatic rings. The number of rotatable bonds is 5. The van der Waals surface area contributed by atoms with Gasteiger partial charge in [0.1, 0.15) is 12.2 Å². The zero-order valence-electron chi connectivity index (χ0n) is 14.7. The van der Waals surface area contributed by atoms with E-state index in [1.165, 1.54) is 0 Å². The number of nitrogens with one attached hydrogen (secondary N) is 3. The molecule has 1 aromatic heterocycles. The Labute approximate surface area is 151 Å². The highest BCUT2D eigenvalue weighted by Crippen LogP contribution is 2.30. The van der Waals surface area contributed by atoms with Crippen LogP contribution in [0.1, 0.15) is 42.4 Å². The smallest absolute Gasteiger partial charge is 0.407 e. The molecule has 2 atom stereocenters. The largest absolute Gasteiger partial charge is 0.444 e. The van der Waals surface area contributed by atoms with Gasteiger partial charge in [-0.25, -0.2) is 4.79 Å². The predicted molar refractivity (Wildman–Crippen MR) is 94.8 cm³/mol. The normalized spacial score (nSPS) is 19.3. The van der Waals surface area contributed by atoms with E-state index in [4.69, 9.17) is 9.47 Å². The molecule has 0 unspecified atom stereocenters. The maximum atomic E-state index is 12.1. The van der Waals surface area contributed by atoms with Crippen LogP contribution in [0.25, 0.3) is 0 Å². The standard InChI is InChI=1S/C18H22N4O4/c1-11(2)19-18(24)26-13-8-15(25-10-13)14-9-16(22-21-14)20-17(23)12-6-4-3-5-7-12/h3-7,9,11,13,15H,8,10H2,1-2H3,(H,19,24)(H2,20,21,22,23)/t13-,15-/m0/s1. The molecule has 8 nitrogen and oxygen atoms in total. The Kier molecular flexibility index (Phi) is 5.52. The number of ether oxygens (including phenoxy) is 2. The number of anilines is 1. The summed E-state index contributed by atoms with van der Waals surface area (Å²) in [6.07, 6.45) is -0.499. The number of hydrogen-bond donors (Lipinski definition) is 3. The maximum absolute atomic E-state index is 12.1. The van der Waals surface area contributed by atoms with E-state index in [0.29, 0.717) is 24.4 Å². The number of H-pyrrole nitrogens is 1. The Morgan fingerprint density at radius 2 is 2.08 bits per heavy atom. The Hall–Kier alpha value is -2.87. The van der Waals surface area contributed by atoms with E-state index in [1.54, 1.807) is 30.3 Å². The van der Waals surface area contributed by atoms with Crippen LogP contribution in [-0.2, 0) is 9.47 Å². The van der Waals surface area contributed by atoms with Crippen LogP contribution in [-0.4, -0.2) is 41.0 Å². The van der Waals surface area contributed by atoms with Gasteiger partial charge in [0.25, 0.3) is 5.91 Å². The second-order valence-electron chi connectivity index (χ2n) is 6.41. The topological polar surface area (TPSA) is 105 Å². The van der Waals surface area contributed by atoms with Crippen molar-refractivity contribution in [1.82, 2.24) is 15.5 Å². The first-order chi connectivity index (χ1) is 12.5. The summed E-state index contributed by atoms with van der Waals surface area (Å²) in [5, 5.41) is 12.4. The van der Waals surface area contributed by atoms with Crippen molar-refractivity contribution >= 4 is 17.8 Å². The van der Waals surface area contributed by atoms with Gasteiger partial charge in [0.15, 0.2) is 5.82 Å². The molecular formula is C18H22N4O4. The van der Waals surface area contributed by atoms with Crippen LogP contribution in [0.5, 0.6) is 0 Å². The lowest BCUT2D eigenvalue weighted by Gasteiger charge is -2.13. The Morgan fingerprint density at radius 3 is 2.81 bits per heavy atom. The molecule has 0 saturated carbocycles. The van der Waals surface area contributed by atoms with Gasteiger partial charge in [-0.1, -0.05) is 18.2 Å². The number of carbonyl (C=O) groups is 2. The van der Waals surface area contributed by atoms with Crippen molar-refractivity contribution in [1.29, 1.82) is 0 Å². The second-order valence-corrected chi connectivity index (χ2v) is 6.41. The summed E-state index contributed by atoms with van der Waals surface area (Å²) < 4.78 is 11.0. The van der Waals surface area contributed by atoms with Crippen molar-refractivity contribution in [2.24, 2.45) is 0 Å². The van der Waals surface area contributed by atoms with Crippen LogP contribution in [0.15, 0.2) is 36.4 Å². The molecule has 3 rings (SSSR count). The van der Waals surface area contributed by atoms with Crippen molar-refractivity contribution < 1.29 is 19.1 Å². The average Bonchev–Trinajstić information content (AvgIpc) is 3.24. The predicted octanol–water partition coefficient (Wildman–Crippen LogP) is 2.63. The number of alkyl carbamates (subject to hydrolysis) is 1. The van der Waals surface area contributed by atoms with Crippen molar-refractivity contribution in [2.45, 2.75) is 38.5 Å². The van der Waals surface area contributed by atoms with E-state index in [-0.39, 0.29) is 24.2 Å². The first-order valence-corrected chi connectivity index (χ1v) is 8.51. The summed E-state index contributed by atoms with van der Waals surface area (Å²) in [5.41, 5.74) is 1.28. The minimum absolute atomic E-state index is 0.0176. The quantitative estimate of drug-likeness (QED) is 0.762. The minimum atomic E-state index is -0.449. The lowest BCUT2D eigenvalue weighted by atomic mass is 10.1. The number of aromatic amines is 1. The van der Waals surface area contributed by atoms with Gasteiger partial charge in [-0.2, -0.15) is 5.10 Å². The maximum Gasteiger partial charge on any atom is 0.407 e. The van der Waals surface area contributed by atoms with Gasteiger partial charge < -0.3 is 20.1 Å². The lowest BCUT2D eigenvalue weighted by molar-refractivity contribution is 0.0682. The zero-order chi connectivity index (χ0) is 18.5. The van der Waals surface area contributed by atoms with E-state index in [1.807, 2.05) is 19.9 Å². The number of nitrogens with zero attached hydrogens (tertiary/aromatic N) is 1.